The first-order valence-electron chi connectivity index (χ1n) is 6.62. The number of hydrogen-bond donors (Lipinski definition) is 2. The molecule has 110 valence electrons. The fraction of sp³-hybridized carbons (Fsp3) is 0.0667. The summed E-state index contributed by atoms with van der Waals surface area (Å²) in [5.41, 5.74) is 2.02. The van der Waals surface area contributed by atoms with Crippen LogP contribution in [0.4, 0.5) is 4.39 Å². The normalized spacial score (nSPS) is 11.5. The Morgan fingerprint density at radius 1 is 1.32 bits per heavy atom. The van der Waals surface area contributed by atoms with Crippen molar-refractivity contribution < 1.29 is 4.39 Å². The molecular formula is C15H10ClFN4O. The second kappa shape index (κ2) is 4.71. The molecule has 3 aromatic heterocycles. The molecule has 4 rings (SSSR count). The fourth-order valence-corrected chi connectivity index (χ4v) is 2.84. The van der Waals surface area contributed by atoms with Gasteiger partial charge in [-0.1, -0.05) is 11.6 Å². The van der Waals surface area contributed by atoms with E-state index in [0.717, 1.165) is 5.39 Å². The van der Waals surface area contributed by atoms with E-state index in [1.165, 1.54) is 22.8 Å². The van der Waals surface area contributed by atoms with Gasteiger partial charge < -0.3 is 9.97 Å². The van der Waals surface area contributed by atoms with Crippen LogP contribution in [0.2, 0.25) is 5.02 Å². The van der Waals surface area contributed by atoms with E-state index in [9.17, 15) is 9.18 Å². The number of imidazole rings is 1. The summed E-state index contributed by atoms with van der Waals surface area (Å²) in [5.74, 6) is -0.398. The van der Waals surface area contributed by atoms with Crippen molar-refractivity contribution in [2.45, 2.75) is 6.54 Å². The molecule has 22 heavy (non-hydrogen) atoms. The Hall–Kier alpha value is -2.60. The smallest absolute Gasteiger partial charge is 0.326 e. The van der Waals surface area contributed by atoms with Gasteiger partial charge in [0.2, 0.25) is 0 Å². The predicted molar refractivity (Wildman–Crippen MR) is 82.7 cm³/mol. The lowest BCUT2D eigenvalue weighted by Crippen LogP contribution is -2.18. The molecule has 7 heteroatoms. The predicted octanol–water partition coefficient (Wildman–Crippen LogP) is 3.05. The average molecular weight is 317 g/mol. The summed E-state index contributed by atoms with van der Waals surface area (Å²) in [6.07, 6.45) is 3.33. The molecule has 2 N–H and O–H groups in total. The summed E-state index contributed by atoms with van der Waals surface area (Å²) >= 11 is 5.92. The molecule has 0 amide bonds. The number of pyridine rings is 1. The van der Waals surface area contributed by atoms with Crippen LogP contribution < -0.4 is 5.69 Å². The Balaban J connectivity index is 1.98. The molecule has 0 aliphatic heterocycles. The van der Waals surface area contributed by atoms with Crippen LogP contribution in [0, 0.1) is 5.82 Å². The van der Waals surface area contributed by atoms with Crippen LogP contribution in [-0.2, 0) is 6.54 Å². The van der Waals surface area contributed by atoms with Crippen LogP contribution in [0.25, 0.3) is 22.1 Å². The third-order valence-corrected chi connectivity index (χ3v) is 3.89. The van der Waals surface area contributed by atoms with E-state index in [4.69, 9.17) is 11.6 Å². The zero-order valence-corrected chi connectivity index (χ0v) is 12.0. The summed E-state index contributed by atoms with van der Waals surface area (Å²) in [4.78, 5) is 22.2. The molecule has 3 heterocycles. The van der Waals surface area contributed by atoms with Crippen molar-refractivity contribution in [2.75, 3.05) is 0 Å². The minimum atomic E-state index is -0.398. The van der Waals surface area contributed by atoms with Gasteiger partial charge in [-0.15, -0.1) is 0 Å². The van der Waals surface area contributed by atoms with Crippen LogP contribution in [0.3, 0.4) is 0 Å². The molecular weight excluding hydrogens is 307 g/mol. The summed E-state index contributed by atoms with van der Waals surface area (Å²) in [7, 11) is 0. The molecule has 0 atom stereocenters. The van der Waals surface area contributed by atoms with E-state index in [0.29, 0.717) is 27.3 Å². The van der Waals surface area contributed by atoms with Gasteiger partial charge in [0.1, 0.15) is 11.5 Å². The number of nitrogens with zero attached hydrogens (tertiary/aromatic N) is 2. The first-order valence-corrected chi connectivity index (χ1v) is 7.00. The molecule has 0 unspecified atom stereocenters. The maximum Gasteiger partial charge on any atom is 0.326 e. The molecule has 0 saturated heterocycles. The number of aromatic nitrogens is 4. The third-order valence-electron chi connectivity index (χ3n) is 3.65. The Kier molecular flexibility index (Phi) is 2.80. The lowest BCUT2D eigenvalue weighted by Gasteiger charge is -2.06. The lowest BCUT2D eigenvalue weighted by molar-refractivity contribution is 0.599. The number of halogens is 2. The summed E-state index contributed by atoms with van der Waals surface area (Å²) < 4.78 is 15.4. The highest BCUT2D eigenvalue weighted by molar-refractivity contribution is 6.30. The summed E-state index contributed by atoms with van der Waals surface area (Å²) in [6, 6.07) is 6.14. The molecule has 0 bridgehead atoms. The maximum absolute atomic E-state index is 13.9. The van der Waals surface area contributed by atoms with Gasteiger partial charge in [-0.3, -0.25) is 4.57 Å². The highest BCUT2D eigenvalue weighted by Crippen LogP contribution is 2.22. The van der Waals surface area contributed by atoms with Crippen LogP contribution in [-0.4, -0.2) is 19.5 Å². The zero-order chi connectivity index (χ0) is 15.3. The first kappa shape index (κ1) is 13.1. The van der Waals surface area contributed by atoms with Crippen molar-refractivity contribution in [2.24, 2.45) is 0 Å². The van der Waals surface area contributed by atoms with Gasteiger partial charge >= 0.3 is 5.69 Å². The number of hydrogen-bond acceptors (Lipinski definition) is 2. The molecule has 0 aliphatic carbocycles. The zero-order valence-electron chi connectivity index (χ0n) is 11.2. The van der Waals surface area contributed by atoms with E-state index in [-0.39, 0.29) is 12.2 Å². The molecule has 0 aliphatic rings. The van der Waals surface area contributed by atoms with Gasteiger partial charge in [0.25, 0.3) is 0 Å². The minimum Gasteiger partial charge on any atom is -0.346 e. The second-order valence-electron chi connectivity index (χ2n) is 5.01. The number of rotatable bonds is 2. The standard InChI is InChI=1S/C15H10ClFN4O/c16-9-1-2-11(17)8(5-9)7-21-13-10-3-4-18-14(10)19-6-12(13)20-15(21)22/h1-6H,7H2,(H,18,19)(H,20,22). The highest BCUT2D eigenvalue weighted by Gasteiger charge is 2.14. The second-order valence-corrected chi connectivity index (χ2v) is 5.45. The number of fused-ring (bicyclic) bond motifs is 3. The summed E-state index contributed by atoms with van der Waals surface area (Å²) in [6.45, 7) is 0.0928. The van der Waals surface area contributed by atoms with Crippen LogP contribution >= 0.6 is 11.6 Å². The van der Waals surface area contributed by atoms with E-state index in [2.05, 4.69) is 15.0 Å². The SMILES string of the molecule is O=c1[nH]c2cnc3[nH]ccc3c2n1Cc1cc(Cl)ccc1F. The van der Waals surface area contributed by atoms with E-state index in [1.807, 2.05) is 6.07 Å². The van der Waals surface area contributed by atoms with E-state index in [1.54, 1.807) is 12.4 Å². The number of nitrogens with one attached hydrogen (secondary N) is 2. The average Bonchev–Trinajstić information content (AvgIpc) is 3.07. The quantitative estimate of drug-likeness (QED) is 0.597. The van der Waals surface area contributed by atoms with Gasteiger partial charge in [-0.25, -0.2) is 14.2 Å². The highest BCUT2D eigenvalue weighted by atomic mass is 35.5. The first-order chi connectivity index (χ1) is 10.6. The van der Waals surface area contributed by atoms with E-state index < -0.39 is 5.82 Å². The van der Waals surface area contributed by atoms with Gasteiger partial charge in [-0.05, 0) is 24.3 Å². The number of H-pyrrole nitrogens is 2. The Morgan fingerprint density at radius 3 is 3.05 bits per heavy atom. The number of benzene rings is 1. The molecule has 4 aromatic rings. The Bertz CT molecular complexity index is 1060. The Labute approximate surface area is 128 Å². The van der Waals surface area contributed by atoms with Crippen molar-refractivity contribution in [3.8, 4) is 0 Å². The maximum atomic E-state index is 13.9. The Morgan fingerprint density at radius 2 is 2.18 bits per heavy atom. The largest absolute Gasteiger partial charge is 0.346 e. The van der Waals surface area contributed by atoms with Crippen molar-refractivity contribution >= 4 is 33.7 Å². The van der Waals surface area contributed by atoms with Gasteiger partial charge in [-0.2, -0.15) is 0 Å². The van der Waals surface area contributed by atoms with Crippen molar-refractivity contribution in [3.63, 3.8) is 0 Å². The molecule has 0 spiro atoms. The number of aromatic amines is 2. The van der Waals surface area contributed by atoms with Gasteiger partial charge in [0.15, 0.2) is 0 Å². The minimum absolute atomic E-state index is 0.0928. The molecule has 0 fully saturated rings. The van der Waals surface area contributed by atoms with Crippen LogP contribution in [0.5, 0.6) is 0 Å². The molecule has 0 saturated carbocycles. The molecule has 1 aromatic carbocycles. The van der Waals surface area contributed by atoms with Crippen molar-refractivity contribution in [3.05, 3.63) is 63.5 Å². The summed E-state index contributed by atoms with van der Waals surface area (Å²) in [5, 5.41) is 1.23. The van der Waals surface area contributed by atoms with Gasteiger partial charge in [0.05, 0.1) is 23.8 Å². The fourth-order valence-electron chi connectivity index (χ4n) is 2.65. The van der Waals surface area contributed by atoms with Gasteiger partial charge in [0, 0.05) is 22.2 Å². The lowest BCUT2D eigenvalue weighted by atomic mass is 10.2. The van der Waals surface area contributed by atoms with Crippen LogP contribution in [0.15, 0.2) is 41.5 Å². The van der Waals surface area contributed by atoms with Crippen molar-refractivity contribution in [1.82, 2.24) is 19.5 Å². The van der Waals surface area contributed by atoms with Crippen molar-refractivity contribution in [1.29, 1.82) is 0 Å². The van der Waals surface area contributed by atoms with Crippen LogP contribution in [0.1, 0.15) is 5.56 Å². The topological polar surface area (TPSA) is 66.5 Å². The van der Waals surface area contributed by atoms with E-state index >= 15 is 0 Å². The third kappa shape index (κ3) is 1.92. The molecule has 5 nitrogen and oxygen atoms in total. The monoisotopic (exact) mass is 316 g/mol. The molecule has 0 radical (unpaired) electrons.